The first-order chi connectivity index (χ1) is 12.1. The second-order valence-electron chi connectivity index (χ2n) is 7.41. The van der Waals surface area contributed by atoms with Gasteiger partial charge in [-0.2, -0.15) is 0 Å². The molecule has 1 atom stereocenters. The van der Waals surface area contributed by atoms with Crippen molar-refractivity contribution in [1.82, 2.24) is 0 Å². The van der Waals surface area contributed by atoms with Gasteiger partial charge in [-0.3, -0.25) is 0 Å². The van der Waals surface area contributed by atoms with E-state index < -0.39 is 17.3 Å². The molecule has 0 saturated carbocycles. The third-order valence-corrected chi connectivity index (χ3v) is 20.0. The summed E-state index contributed by atoms with van der Waals surface area (Å²) in [4.78, 5) is 0. The van der Waals surface area contributed by atoms with Crippen LogP contribution in [0.1, 0.15) is 97.5 Å². The molecule has 0 spiro atoms. The molecule has 0 N–H and O–H groups in total. The van der Waals surface area contributed by atoms with E-state index in [0.29, 0.717) is 0 Å². The van der Waals surface area contributed by atoms with E-state index in [-0.39, 0.29) is 0 Å². The molecule has 0 heterocycles. The average molecular weight is 474 g/mol. The zero-order valence-corrected chi connectivity index (χ0v) is 21.2. The van der Waals surface area contributed by atoms with Crippen molar-refractivity contribution in [2.45, 2.75) is 105 Å². The summed E-state index contributed by atoms with van der Waals surface area (Å²) in [5.74, 6) is 0.774. The van der Waals surface area contributed by atoms with Crippen LogP contribution in [0.5, 0.6) is 0 Å². The molecule has 1 unspecified atom stereocenters. The third kappa shape index (κ3) is 12.3. The predicted octanol–water partition coefficient (Wildman–Crippen LogP) is 9.16. The van der Waals surface area contributed by atoms with Crippen LogP contribution in [0, 0.1) is 0 Å². The van der Waals surface area contributed by atoms with Crippen LogP contribution < -0.4 is 0 Å². The first-order valence-electron chi connectivity index (χ1n) is 10.8. The first kappa shape index (κ1) is 25.3. The van der Waals surface area contributed by atoms with Gasteiger partial charge in [0.15, 0.2) is 0 Å². The van der Waals surface area contributed by atoms with Crippen LogP contribution in [0.2, 0.25) is 13.3 Å². The Morgan fingerprint density at radius 3 is 1.72 bits per heavy atom. The quantitative estimate of drug-likeness (QED) is 0.265. The Bertz CT molecular complexity index is 382. The van der Waals surface area contributed by atoms with Crippen molar-refractivity contribution < 1.29 is 0 Å². The molecular formula is C23H43ClSn. The molecule has 25 heavy (non-hydrogen) atoms. The van der Waals surface area contributed by atoms with Crippen LogP contribution in [0.3, 0.4) is 0 Å². The van der Waals surface area contributed by atoms with E-state index in [9.17, 15) is 0 Å². The number of benzene rings is 1. The molecule has 0 bridgehead atoms. The fraction of sp³-hybridized carbons (Fsp3) is 0.739. The number of rotatable bonds is 12. The van der Waals surface area contributed by atoms with Gasteiger partial charge in [0.05, 0.1) is 0 Å². The van der Waals surface area contributed by atoms with Crippen LogP contribution in [0.15, 0.2) is 30.3 Å². The standard InChI is InChI=1S/C12H18.2C4H9.C3H7.ClH.Sn/c1-3-8-11(4-2)12-9-6-5-7-10-12;2*1-3-4-2;1-3-2;;/h5-7,9-11H,3-4,8H2,1-2H3;2*1,3-4H2,2H3;1,3H2,2H3;1H;/q;;;;;+1/p-1. The molecular weight excluding hydrogens is 430 g/mol. The normalized spacial score (nSPS) is 12.4. The van der Waals surface area contributed by atoms with E-state index in [1.54, 1.807) is 0 Å². The molecule has 0 amide bonds. The molecule has 0 aliphatic rings. The Morgan fingerprint density at radius 1 is 0.760 bits per heavy atom. The van der Waals surface area contributed by atoms with E-state index in [1.807, 2.05) is 0 Å². The van der Waals surface area contributed by atoms with E-state index in [0.717, 1.165) is 5.92 Å². The van der Waals surface area contributed by atoms with Gasteiger partial charge < -0.3 is 0 Å². The third-order valence-electron chi connectivity index (χ3n) is 5.06. The summed E-state index contributed by atoms with van der Waals surface area (Å²) in [7, 11) is 6.81. The second kappa shape index (κ2) is 16.5. The summed E-state index contributed by atoms with van der Waals surface area (Å²) in [5, 5.41) is 0. The molecule has 0 aliphatic carbocycles. The van der Waals surface area contributed by atoms with E-state index in [4.69, 9.17) is 8.92 Å². The number of hydrogen-bond acceptors (Lipinski definition) is 0. The van der Waals surface area contributed by atoms with Gasteiger partial charge in [-0.1, -0.05) is 50.6 Å². The van der Waals surface area contributed by atoms with Crippen LogP contribution in [0.25, 0.3) is 0 Å². The molecule has 0 saturated heterocycles. The van der Waals surface area contributed by atoms with E-state index >= 15 is 0 Å². The van der Waals surface area contributed by atoms with Crippen molar-refractivity contribution in [3.8, 4) is 0 Å². The average Bonchev–Trinajstić information content (AvgIpc) is 2.64. The van der Waals surface area contributed by atoms with Gasteiger partial charge in [-0.25, -0.2) is 0 Å². The second-order valence-corrected chi connectivity index (χ2v) is 23.6. The SMILES string of the molecule is CCCC(CC)c1ccccc1.CCC[CH2][Sn]([Cl])([CH2]CC)[CH2]CCC. The molecule has 2 heteroatoms. The molecule has 0 nitrogen and oxygen atoms in total. The van der Waals surface area contributed by atoms with Crippen LogP contribution in [0.4, 0.5) is 0 Å². The summed E-state index contributed by atoms with van der Waals surface area (Å²) in [6.45, 7) is 11.4. The molecule has 0 radical (unpaired) electrons. The van der Waals surface area contributed by atoms with Gasteiger partial charge >= 0.3 is 92.4 Å². The fourth-order valence-electron chi connectivity index (χ4n) is 3.49. The summed E-state index contributed by atoms with van der Waals surface area (Å²) in [6, 6.07) is 10.8. The van der Waals surface area contributed by atoms with E-state index in [1.165, 1.54) is 70.2 Å². The zero-order chi connectivity index (χ0) is 19.0. The molecule has 1 rings (SSSR count). The van der Waals surface area contributed by atoms with Gasteiger partial charge in [0.1, 0.15) is 0 Å². The van der Waals surface area contributed by atoms with Crippen molar-refractivity contribution in [2.75, 3.05) is 0 Å². The number of halogens is 1. The fourth-order valence-corrected chi connectivity index (χ4v) is 16.9. The van der Waals surface area contributed by atoms with Crippen LogP contribution in [-0.4, -0.2) is 17.3 Å². The van der Waals surface area contributed by atoms with Crippen molar-refractivity contribution in [3.05, 3.63) is 35.9 Å². The molecule has 1 aromatic carbocycles. The monoisotopic (exact) mass is 474 g/mol. The first-order valence-corrected chi connectivity index (χ1v) is 20.5. The Kier molecular flexibility index (Phi) is 16.7. The summed E-state index contributed by atoms with van der Waals surface area (Å²) in [5.41, 5.74) is 1.50. The van der Waals surface area contributed by atoms with Crippen molar-refractivity contribution in [3.63, 3.8) is 0 Å². The van der Waals surface area contributed by atoms with E-state index in [2.05, 4.69) is 65.0 Å². The van der Waals surface area contributed by atoms with Gasteiger partial charge in [-0.05, 0) is 24.3 Å². The van der Waals surface area contributed by atoms with Gasteiger partial charge in [-0.15, -0.1) is 0 Å². The topological polar surface area (TPSA) is 0 Å². The molecule has 146 valence electrons. The summed E-state index contributed by atoms with van der Waals surface area (Å²) in [6.07, 6.45) is 10.6. The van der Waals surface area contributed by atoms with Crippen LogP contribution in [-0.2, 0) is 0 Å². The molecule has 0 aliphatic heterocycles. The van der Waals surface area contributed by atoms with Crippen LogP contribution >= 0.6 is 8.92 Å². The minimum atomic E-state index is -2.06. The Morgan fingerprint density at radius 2 is 1.32 bits per heavy atom. The zero-order valence-electron chi connectivity index (χ0n) is 17.6. The molecule has 1 aromatic rings. The Balaban J connectivity index is 0.000000462. The van der Waals surface area contributed by atoms with Crippen molar-refractivity contribution >= 4 is 26.2 Å². The molecule has 0 fully saturated rings. The summed E-state index contributed by atoms with van der Waals surface area (Å²) >= 11 is -2.06. The predicted molar refractivity (Wildman–Crippen MR) is 121 cm³/mol. The summed E-state index contributed by atoms with van der Waals surface area (Å²) < 4.78 is 4.23. The maximum absolute atomic E-state index is 6.81. The number of hydrogen-bond donors (Lipinski definition) is 0. The maximum atomic E-state index is 6.81. The van der Waals surface area contributed by atoms with Gasteiger partial charge in [0.2, 0.25) is 0 Å². The minimum absolute atomic E-state index is 0.774. The van der Waals surface area contributed by atoms with Gasteiger partial charge in [0.25, 0.3) is 0 Å². The Labute approximate surface area is 166 Å². The number of unbranched alkanes of at least 4 members (excludes halogenated alkanes) is 2. The van der Waals surface area contributed by atoms with Gasteiger partial charge in [0, 0.05) is 0 Å². The van der Waals surface area contributed by atoms with Crippen molar-refractivity contribution in [1.29, 1.82) is 0 Å². The Hall–Kier alpha value is 0.309. The molecule has 0 aromatic heterocycles. The van der Waals surface area contributed by atoms with Crippen molar-refractivity contribution in [2.24, 2.45) is 0 Å².